The second-order valence-corrected chi connectivity index (χ2v) is 6.42. The number of anilines is 2. The number of aliphatic hydroxyl groups excluding tert-OH is 1. The van der Waals surface area contributed by atoms with Crippen LogP contribution in [0.4, 0.5) is 24.9 Å². The van der Waals surface area contributed by atoms with Gasteiger partial charge in [-0.1, -0.05) is 35.3 Å². The molecular weight excluding hydrogens is 408 g/mol. The Morgan fingerprint density at radius 2 is 2.00 bits per heavy atom. The number of benzene rings is 1. The zero-order chi connectivity index (χ0) is 20.2. The van der Waals surface area contributed by atoms with E-state index in [4.69, 9.17) is 34.0 Å². The third kappa shape index (κ3) is 5.55. The predicted molar refractivity (Wildman–Crippen MR) is 97.9 cm³/mol. The first-order valence-corrected chi connectivity index (χ1v) is 8.48. The monoisotopic (exact) mass is 424 g/mol. The summed E-state index contributed by atoms with van der Waals surface area (Å²) in [6.07, 6.45) is -7.07. The molecule has 7 nitrogen and oxygen atoms in total. The highest BCUT2D eigenvalue weighted by molar-refractivity contribution is 6.43. The summed E-state index contributed by atoms with van der Waals surface area (Å²) in [5.41, 5.74) is 6.69. The first kappa shape index (κ1) is 21.4. The van der Waals surface area contributed by atoms with Crippen LogP contribution in [0.1, 0.15) is 0 Å². The minimum atomic E-state index is -4.65. The number of hydrogen-bond acceptors (Lipinski definition) is 7. The molecule has 0 fully saturated rings. The van der Waals surface area contributed by atoms with Crippen LogP contribution in [0.25, 0.3) is 11.3 Å². The number of aliphatic hydroxyl groups is 1. The molecule has 2 aromatic rings. The van der Waals surface area contributed by atoms with Gasteiger partial charge in [0.15, 0.2) is 11.9 Å². The van der Waals surface area contributed by atoms with E-state index >= 15 is 0 Å². The van der Waals surface area contributed by atoms with Crippen LogP contribution in [-0.4, -0.2) is 59.3 Å². The molecular formula is C15H17Cl2F3N6O. The Labute approximate surface area is 163 Å². The first-order valence-electron chi connectivity index (χ1n) is 7.72. The molecule has 0 aliphatic carbocycles. The number of rotatable bonds is 7. The van der Waals surface area contributed by atoms with Gasteiger partial charge >= 0.3 is 6.18 Å². The van der Waals surface area contributed by atoms with Crippen molar-refractivity contribution in [2.45, 2.75) is 12.3 Å². The second-order valence-electron chi connectivity index (χ2n) is 5.63. The standard InChI is InChI=1S/C15H17Cl2F3N6O/c1-26(6-5-22-7-10(27)15(18,19)20)14-23-13(21)12(24-25-14)8-3-2-4-9(16)11(8)17/h2-4,10,22,27H,5-7H2,1H3,(H2,21,23,25)/t10-/m1/s1. The lowest BCUT2D eigenvalue weighted by atomic mass is 10.1. The van der Waals surface area contributed by atoms with Crippen LogP contribution in [0, 0.1) is 0 Å². The van der Waals surface area contributed by atoms with E-state index in [9.17, 15) is 13.2 Å². The van der Waals surface area contributed by atoms with Crippen molar-refractivity contribution in [3.05, 3.63) is 28.2 Å². The highest BCUT2D eigenvalue weighted by Gasteiger charge is 2.37. The molecule has 4 N–H and O–H groups in total. The molecule has 0 bridgehead atoms. The molecule has 0 radical (unpaired) electrons. The Bertz CT molecular complexity index is 793. The van der Waals surface area contributed by atoms with Crippen molar-refractivity contribution in [2.24, 2.45) is 0 Å². The van der Waals surface area contributed by atoms with Gasteiger partial charge in [-0.05, 0) is 6.07 Å². The second kappa shape index (κ2) is 8.87. The van der Waals surface area contributed by atoms with E-state index in [1.54, 1.807) is 30.1 Å². The maximum atomic E-state index is 12.2. The van der Waals surface area contributed by atoms with Crippen LogP contribution in [0.3, 0.4) is 0 Å². The average Bonchev–Trinajstić information content (AvgIpc) is 2.60. The Hall–Kier alpha value is -1.88. The van der Waals surface area contributed by atoms with Gasteiger partial charge in [0, 0.05) is 32.2 Å². The van der Waals surface area contributed by atoms with E-state index in [1.165, 1.54) is 0 Å². The van der Waals surface area contributed by atoms with Crippen molar-refractivity contribution in [1.29, 1.82) is 0 Å². The van der Waals surface area contributed by atoms with E-state index in [0.717, 1.165) is 0 Å². The predicted octanol–water partition coefficient (Wildman–Crippen LogP) is 2.38. The van der Waals surface area contributed by atoms with Gasteiger partial charge < -0.3 is 21.1 Å². The summed E-state index contributed by atoms with van der Waals surface area (Å²) < 4.78 is 36.6. The van der Waals surface area contributed by atoms with Crippen LogP contribution in [0.5, 0.6) is 0 Å². The number of alkyl halides is 3. The summed E-state index contributed by atoms with van der Waals surface area (Å²) in [4.78, 5) is 5.70. The number of nitrogens with zero attached hydrogens (tertiary/aromatic N) is 4. The molecule has 1 aromatic heterocycles. The van der Waals surface area contributed by atoms with Crippen LogP contribution in [0.15, 0.2) is 18.2 Å². The number of aromatic nitrogens is 3. The van der Waals surface area contributed by atoms with Gasteiger partial charge in [-0.3, -0.25) is 0 Å². The number of nitrogens with two attached hydrogens (primary N) is 1. The average molecular weight is 425 g/mol. The fourth-order valence-corrected chi connectivity index (χ4v) is 2.46. The zero-order valence-corrected chi connectivity index (χ0v) is 15.6. The molecule has 0 aliphatic rings. The maximum Gasteiger partial charge on any atom is 0.415 e. The quantitative estimate of drug-likeness (QED) is 0.586. The maximum absolute atomic E-state index is 12.2. The molecule has 27 heavy (non-hydrogen) atoms. The Morgan fingerprint density at radius 3 is 2.63 bits per heavy atom. The molecule has 0 aliphatic heterocycles. The van der Waals surface area contributed by atoms with E-state index in [-0.39, 0.29) is 35.6 Å². The van der Waals surface area contributed by atoms with Crippen molar-refractivity contribution < 1.29 is 18.3 Å². The normalized spacial score (nSPS) is 12.9. The summed E-state index contributed by atoms with van der Waals surface area (Å²) >= 11 is 12.1. The molecule has 1 aromatic carbocycles. The third-order valence-corrected chi connectivity index (χ3v) is 4.41. The topological polar surface area (TPSA) is 100 Å². The molecule has 1 atom stereocenters. The van der Waals surface area contributed by atoms with E-state index in [2.05, 4.69) is 20.5 Å². The largest absolute Gasteiger partial charge is 0.415 e. The smallest absolute Gasteiger partial charge is 0.382 e. The number of nitrogens with one attached hydrogen (secondary N) is 1. The van der Waals surface area contributed by atoms with E-state index in [1.807, 2.05) is 0 Å². The summed E-state index contributed by atoms with van der Waals surface area (Å²) in [5, 5.41) is 20.0. The molecule has 0 amide bonds. The van der Waals surface area contributed by atoms with Gasteiger partial charge in [0.1, 0.15) is 5.69 Å². The SMILES string of the molecule is CN(CCNC[C@@H](O)C(F)(F)F)c1nnc(-c2cccc(Cl)c2Cl)c(N)n1. The summed E-state index contributed by atoms with van der Waals surface area (Å²) in [6.45, 7) is -0.178. The van der Waals surface area contributed by atoms with Gasteiger partial charge in [0.25, 0.3) is 0 Å². The molecule has 0 saturated heterocycles. The number of nitrogen functional groups attached to an aromatic ring is 1. The molecule has 2 rings (SSSR count). The molecule has 0 spiro atoms. The Kier molecular flexibility index (Phi) is 7.04. The Balaban J connectivity index is 1.99. The lowest BCUT2D eigenvalue weighted by Gasteiger charge is -2.19. The third-order valence-electron chi connectivity index (χ3n) is 3.59. The minimum Gasteiger partial charge on any atom is -0.382 e. The number of halogens is 5. The van der Waals surface area contributed by atoms with Crippen molar-refractivity contribution in [3.63, 3.8) is 0 Å². The molecule has 148 valence electrons. The van der Waals surface area contributed by atoms with Crippen LogP contribution < -0.4 is 16.0 Å². The van der Waals surface area contributed by atoms with Gasteiger partial charge in [-0.25, -0.2) is 0 Å². The number of hydrogen-bond donors (Lipinski definition) is 3. The molecule has 0 unspecified atom stereocenters. The van der Waals surface area contributed by atoms with Gasteiger partial charge in [0.2, 0.25) is 5.95 Å². The van der Waals surface area contributed by atoms with Crippen LogP contribution in [0.2, 0.25) is 10.0 Å². The summed E-state index contributed by atoms with van der Waals surface area (Å²) in [6, 6.07) is 4.98. The van der Waals surface area contributed by atoms with Crippen molar-refractivity contribution >= 4 is 35.0 Å². The Morgan fingerprint density at radius 1 is 1.30 bits per heavy atom. The fraction of sp³-hybridized carbons (Fsp3) is 0.400. The minimum absolute atomic E-state index is 0.0801. The lowest BCUT2D eigenvalue weighted by Crippen LogP contribution is -2.40. The highest BCUT2D eigenvalue weighted by Crippen LogP contribution is 2.34. The highest BCUT2D eigenvalue weighted by atomic mass is 35.5. The van der Waals surface area contributed by atoms with Gasteiger partial charge in [-0.2, -0.15) is 18.2 Å². The van der Waals surface area contributed by atoms with Crippen molar-refractivity contribution in [3.8, 4) is 11.3 Å². The summed E-state index contributed by atoms with van der Waals surface area (Å²) in [7, 11) is 1.63. The van der Waals surface area contributed by atoms with Crippen LogP contribution >= 0.6 is 23.2 Å². The fourth-order valence-electron chi connectivity index (χ4n) is 2.07. The van der Waals surface area contributed by atoms with Gasteiger partial charge in [-0.15, -0.1) is 10.2 Å². The van der Waals surface area contributed by atoms with E-state index in [0.29, 0.717) is 10.6 Å². The molecule has 0 saturated carbocycles. The van der Waals surface area contributed by atoms with Crippen LogP contribution in [-0.2, 0) is 0 Å². The molecule has 12 heteroatoms. The summed E-state index contributed by atoms with van der Waals surface area (Å²) in [5.74, 6) is 0.268. The lowest BCUT2D eigenvalue weighted by molar-refractivity contribution is -0.201. The first-order chi connectivity index (χ1) is 12.6. The zero-order valence-electron chi connectivity index (χ0n) is 14.1. The number of likely N-dealkylation sites (N-methyl/N-ethyl adjacent to an activating group) is 1. The molecule has 1 heterocycles. The van der Waals surface area contributed by atoms with Crippen molar-refractivity contribution in [1.82, 2.24) is 20.5 Å². The van der Waals surface area contributed by atoms with E-state index < -0.39 is 18.8 Å². The van der Waals surface area contributed by atoms with Crippen molar-refractivity contribution in [2.75, 3.05) is 37.3 Å². The van der Waals surface area contributed by atoms with Gasteiger partial charge in [0.05, 0.1) is 10.0 Å².